The fraction of sp³-hybridized carbons (Fsp3) is 0.269. The lowest BCUT2D eigenvalue weighted by Gasteiger charge is -2.26. The second-order valence-electron chi connectivity index (χ2n) is 7.85. The molecule has 1 unspecified atom stereocenters. The molecule has 33 heavy (non-hydrogen) atoms. The van der Waals surface area contributed by atoms with Crippen LogP contribution in [-0.2, 0) is 17.9 Å². The van der Waals surface area contributed by atoms with Crippen LogP contribution in [0.1, 0.15) is 36.0 Å². The number of nitrogens with one attached hydrogen (secondary N) is 3. The number of para-hydroxylation sites is 1. The molecule has 0 aliphatic carbocycles. The van der Waals surface area contributed by atoms with E-state index in [9.17, 15) is 4.79 Å². The van der Waals surface area contributed by atoms with Crippen LogP contribution in [0.2, 0.25) is 0 Å². The Balaban J connectivity index is 1.41. The van der Waals surface area contributed by atoms with Crippen molar-refractivity contribution in [1.82, 2.24) is 15.6 Å². The SMILES string of the molecule is CCNC(=NCc1cccnc1OCc1ccccc1)NCC1CC(=O)Nc2ccccc21. The smallest absolute Gasteiger partial charge is 0.225 e. The Morgan fingerprint density at radius 2 is 1.91 bits per heavy atom. The largest absolute Gasteiger partial charge is 0.473 e. The van der Waals surface area contributed by atoms with Gasteiger partial charge < -0.3 is 20.7 Å². The van der Waals surface area contributed by atoms with Gasteiger partial charge in [0.15, 0.2) is 5.96 Å². The van der Waals surface area contributed by atoms with Crippen molar-refractivity contribution in [2.75, 3.05) is 18.4 Å². The van der Waals surface area contributed by atoms with Crippen LogP contribution in [0.25, 0.3) is 0 Å². The molecule has 170 valence electrons. The highest BCUT2D eigenvalue weighted by atomic mass is 16.5. The second kappa shape index (κ2) is 11.1. The van der Waals surface area contributed by atoms with Gasteiger partial charge in [-0.05, 0) is 30.2 Å². The summed E-state index contributed by atoms with van der Waals surface area (Å²) in [6.45, 7) is 4.25. The average Bonchev–Trinajstić information content (AvgIpc) is 2.85. The second-order valence-corrected chi connectivity index (χ2v) is 7.85. The summed E-state index contributed by atoms with van der Waals surface area (Å²) in [6.07, 6.45) is 2.17. The summed E-state index contributed by atoms with van der Waals surface area (Å²) in [7, 11) is 0. The predicted octanol–water partition coefficient (Wildman–Crippen LogP) is 3.84. The number of rotatable bonds is 8. The zero-order valence-electron chi connectivity index (χ0n) is 18.8. The maximum Gasteiger partial charge on any atom is 0.225 e. The quantitative estimate of drug-likeness (QED) is 0.364. The van der Waals surface area contributed by atoms with E-state index >= 15 is 0 Å². The standard InChI is InChI=1S/C26H29N5O2/c1-2-27-26(30-17-21-15-24(32)31-23-13-7-6-12-22(21)23)29-16-20-11-8-14-28-25(20)33-18-19-9-4-3-5-10-19/h3-14,21H,2,15-18H2,1H3,(H,31,32)(H2,27,29,30). The van der Waals surface area contributed by atoms with Crippen molar-refractivity contribution in [1.29, 1.82) is 0 Å². The molecule has 7 nitrogen and oxygen atoms in total. The zero-order chi connectivity index (χ0) is 22.9. The Morgan fingerprint density at radius 3 is 2.76 bits per heavy atom. The van der Waals surface area contributed by atoms with Gasteiger partial charge >= 0.3 is 0 Å². The van der Waals surface area contributed by atoms with Crippen molar-refractivity contribution < 1.29 is 9.53 Å². The van der Waals surface area contributed by atoms with Crippen molar-refractivity contribution >= 4 is 17.6 Å². The van der Waals surface area contributed by atoms with E-state index in [-0.39, 0.29) is 11.8 Å². The molecule has 1 amide bonds. The van der Waals surface area contributed by atoms with Gasteiger partial charge in [0, 0.05) is 42.9 Å². The number of anilines is 1. The van der Waals surface area contributed by atoms with E-state index in [1.807, 2.05) is 67.6 Å². The number of benzene rings is 2. The molecular weight excluding hydrogens is 414 g/mol. The van der Waals surface area contributed by atoms with Crippen molar-refractivity contribution in [2.45, 2.75) is 32.4 Å². The van der Waals surface area contributed by atoms with Gasteiger partial charge in [-0.1, -0.05) is 54.6 Å². The first-order valence-electron chi connectivity index (χ1n) is 11.2. The summed E-state index contributed by atoms with van der Waals surface area (Å²) in [4.78, 5) is 21.2. The minimum absolute atomic E-state index is 0.0398. The molecule has 0 spiro atoms. The Kier molecular flexibility index (Phi) is 7.53. The Bertz CT molecular complexity index is 1100. The molecule has 1 aromatic heterocycles. The van der Waals surface area contributed by atoms with Gasteiger partial charge in [0.05, 0.1) is 6.54 Å². The van der Waals surface area contributed by atoms with Gasteiger partial charge in [-0.3, -0.25) is 4.79 Å². The summed E-state index contributed by atoms with van der Waals surface area (Å²) < 4.78 is 5.96. The summed E-state index contributed by atoms with van der Waals surface area (Å²) in [5.41, 5.74) is 4.03. The van der Waals surface area contributed by atoms with Crippen molar-refractivity contribution in [3.8, 4) is 5.88 Å². The number of pyridine rings is 1. The molecular formula is C26H29N5O2. The Morgan fingerprint density at radius 1 is 1.09 bits per heavy atom. The molecule has 0 saturated carbocycles. The highest BCUT2D eigenvalue weighted by Gasteiger charge is 2.24. The monoisotopic (exact) mass is 443 g/mol. The summed E-state index contributed by atoms with van der Waals surface area (Å²) >= 11 is 0. The normalized spacial score (nSPS) is 15.4. The number of amides is 1. The number of hydrogen-bond acceptors (Lipinski definition) is 4. The van der Waals surface area contributed by atoms with Crippen molar-refractivity contribution in [2.24, 2.45) is 4.99 Å². The summed E-state index contributed by atoms with van der Waals surface area (Å²) in [5, 5.41) is 9.62. The van der Waals surface area contributed by atoms with Gasteiger partial charge in [-0.25, -0.2) is 9.98 Å². The number of fused-ring (bicyclic) bond motifs is 1. The molecule has 2 heterocycles. The van der Waals surface area contributed by atoms with Gasteiger partial charge in [0.25, 0.3) is 0 Å². The predicted molar refractivity (Wildman–Crippen MR) is 130 cm³/mol. The first-order valence-corrected chi connectivity index (χ1v) is 11.2. The highest BCUT2D eigenvalue weighted by Crippen LogP contribution is 2.31. The number of aliphatic imine (C=N–C) groups is 1. The molecule has 0 bridgehead atoms. The van der Waals surface area contributed by atoms with Gasteiger partial charge in [0.1, 0.15) is 6.61 Å². The van der Waals surface area contributed by atoms with E-state index in [2.05, 4.69) is 27.0 Å². The van der Waals surface area contributed by atoms with Crippen LogP contribution in [0.15, 0.2) is 77.9 Å². The number of ether oxygens (including phenoxy) is 1. The van der Waals surface area contributed by atoms with Gasteiger partial charge in [-0.15, -0.1) is 0 Å². The van der Waals surface area contributed by atoms with Crippen LogP contribution in [-0.4, -0.2) is 29.9 Å². The van der Waals surface area contributed by atoms with E-state index in [0.717, 1.165) is 28.9 Å². The summed E-state index contributed by atoms with van der Waals surface area (Å²) in [5.74, 6) is 1.40. The molecule has 7 heteroatoms. The molecule has 3 aromatic rings. The van der Waals surface area contributed by atoms with E-state index in [1.54, 1.807) is 6.20 Å². The average molecular weight is 444 g/mol. The molecule has 1 aliphatic heterocycles. The van der Waals surface area contributed by atoms with Gasteiger partial charge in [0.2, 0.25) is 11.8 Å². The van der Waals surface area contributed by atoms with Gasteiger partial charge in [-0.2, -0.15) is 0 Å². The third-order valence-electron chi connectivity index (χ3n) is 5.44. The minimum atomic E-state index is 0.0398. The number of carbonyl (C=O) groups is 1. The lowest BCUT2D eigenvalue weighted by atomic mass is 9.90. The Hall–Kier alpha value is -3.87. The van der Waals surface area contributed by atoms with Crippen LogP contribution < -0.4 is 20.7 Å². The number of guanidine groups is 1. The molecule has 0 fully saturated rings. The third kappa shape index (κ3) is 6.10. The molecule has 1 atom stereocenters. The molecule has 0 saturated heterocycles. The van der Waals surface area contributed by atoms with Crippen LogP contribution in [0.4, 0.5) is 5.69 Å². The third-order valence-corrected chi connectivity index (χ3v) is 5.44. The van der Waals surface area contributed by atoms with Crippen LogP contribution in [0.3, 0.4) is 0 Å². The molecule has 3 N–H and O–H groups in total. The lowest BCUT2D eigenvalue weighted by Crippen LogP contribution is -2.40. The van der Waals surface area contributed by atoms with Crippen molar-refractivity contribution in [3.63, 3.8) is 0 Å². The molecule has 1 aliphatic rings. The van der Waals surface area contributed by atoms with Crippen LogP contribution in [0, 0.1) is 0 Å². The fourth-order valence-electron chi connectivity index (χ4n) is 3.81. The van der Waals surface area contributed by atoms with E-state index in [0.29, 0.717) is 38.0 Å². The van der Waals surface area contributed by atoms with E-state index < -0.39 is 0 Å². The molecule has 2 aromatic carbocycles. The van der Waals surface area contributed by atoms with E-state index in [1.165, 1.54) is 0 Å². The summed E-state index contributed by atoms with van der Waals surface area (Å²) in [6, 6.07) is 21.8. The molecule has 4 rings (SSSR count). The number of carbonyl (C=O) groups excluding carboxylic acids is 1. The first-order chi connectivity index (χ1) is 16.2. The lowest BCUT2D eigenvalue weighted by molar-refractivity contribution is -0.116. The van der Waals surface area contributed by atoms with Crippen LogP contribution in [0.5, 0.6) is 5.88 Å². The van der Waals surface area contributed by atoms with Crippen LogP contribution >= 0.6 is 0 Å². The number of hydrogen-bond donors (Lipinski definition) is 3. The maximum absolute atomic E-state index is 12.1. The minimum Gasteiger partial charge on any atom is -0.473 e. The van der Waals surface area contributed by atoms with E-state index in [4.69, 9.17) is 9.73 Å². The zero-order valence-corrected chi connectivity index (χ0v) is 18.8. The van der Waals surface area contributed by atoms with Crippen molar-refractivity contribution in [3.05, 3.63) is 89.6 Å². The Labute approximate surface area is 194 Å². The topological polar surface area (TPSA) is 87.6 Å². The fourth-order valence-corrected chi connectivity index (χ4v) is 3.81. The highest BCUT2D eigenvalue weighted by molar-refractivity contribution is 5.94. The molecule has 0 radical (unpaired) electrons. The number of aromatic nitrogens is 1. The maximum atomic E-state index is 12.1. The first kappa shape index (κ1) is 22.3. The number of nitrogens with zero attached hydrogens (tertiary/aromatic N) is 2.